The molecule has 1 heterocycles. The van der Waals surface area contributed by atoms with Crippen molar-refractivity contribution in [2.24, 2.45) is 5.73 Å². The Balaban J connectivity index is 1.66. The van der Waals surface area contributed by atoms with Crippen molar-refractivity contribution in [2.75, 3.05) is 45.9 Å². The van der Waals surface area contributed by atoms with Gasteiger partial charge in [0.25, 0.3) is 0 Å². The van der Waals surface area contributed by atoms with E-state index in [-0.39, 0.29) is 12.5 Å². The molecule has 2 rings (SSSR count). The van der Waals surface area contributed by atoms with Crippen LogP contribution >= 0.6 is 0 Å². The molecule has 25 heavy (non-hydrogen) atoms. The average molecular weight is 359 g/mol. The van der Waals surface area contributed by atoms with Crippen LogP contribution in [-0.2, 0) is 9.53 Å². The lowest BCUT2D eigenvalue weighted by molar-refractivity contribution is -0.174. The number of hydrogen-bond donors (Lipinski definition) is 1. The summed E-state index contributed by atoms with van der Waals surface area (Å²) in [7, 11) is 0. The maximum Gasteiger partial charge on any atom is 0.411 e. The molecule has 0 bridgehead atoms. The van der Waals surface area contributed by atoms with Gasteiger partial charge in [-0.05, 0) is 12.0 Å². The number of ether oxygens (including phenoxy) is 1. The predicted molar refractivity (Wildman–Crippen MR) is 87.9 cm³/mol. The average Bonchev–Trinajstić information content (AvgIpc) is 2.60. The van der Waals surface area contributed by atoms with E-state index in [0.717, 1.165) is 5.56 Å². The van der Waals surface area contributed by atoms with Crippen molar-refractivity contribution in [2.45, 2.75) is 18.6 Å². The predicted octanol–water partition coefficient (Wildman–Crippen LogP) is 1.80. The molecule has 1 aliphatic rings. The number of piperazine rings is 1. The smallest absolute Gasteiger partial charge is 0.372 e. The molecule has 2 N–H and O–H groups in total. The van der Waals surface area contributed by atoms with Crippen molar-refractivity contribution >= 4 is 5.91 Å². The van der Waals surface area contributed by atoms with E-state index in [0.29, 0.717) is 39.1 Å². The molecule has 1 amide bonds. The number of halogens is 3. The summed E-state index contributed by atoms with van der Waals surface area (Å²) in [6, 6.07) is 8.57. The van der Waals surface area contributed by atoms with Gasteiger partial charge in [0, 0.05) is 39.3 Å². The van der Waals surface area contributed by atoms with Crippen molar-refractivity contribution in [3.63, 3.8) is 0 Å². The Labute approximate surface area is 145 Å². The third-order valence-corrected chi connectivity index (χ3v) is 4.14. The Kier molecular flexibility index (Phi) is 7.22. The first-order chi connectivity index (χ1) is 11.9. The molecule has 1 unspecified atom stereocenters. The summed E-state index contributed by atoms with van der Waals surface area (Å²) >= 11 is 0. The molecule has 1 aliphatic heterocycles. The van der Waals surface area contributed by atoms with Crippen molar-refractivity contribution in [1.82, 2.24) is 9.80 Å². The number of carbonyl (C=O) groups excluding carboxylic acids is 1. The maximum atomic E-state index is 12.5. The maximum absolute atomic E-state index is 12.5. The molecule has 0 spiro atoms. The van der Waals surface area contributed by atoms with Crippen LogP contribution in [0.5, 0.6) is 0 Å². The third kappa shape index (κ3) is 6.64. The number of nitrogens with two attached hydrogens (primary N) is 1. The first kappa shape index (κ1) is 19.7. The van der Waals surface area contributed by atoms with Crippen LogP contribution in [0, 0.1) is 0 Å². The van der Waals surface area contributed by atoms with Gasteiger partial charge in [0.05, 0.1) is 0 Å². The van der Waals surface area contributed by atoms with Crippen LogP contribution in [-0.4, -0.2) is 67.8 Å². The Morgan fingerprint density at radius 2 is 1.80 bits per heavy atom. The molecule has 1 aromatic carbocycles. The number of alkyl halides is 3. The number of nitrogens with zero attached hydrogens (tertiary/aromatic N) is 2. The summed E-state index contributed by atoms with van der Waals surface area (Å²) in [5, 5.41) is 0. The van der Waals surface area contributed by atoms with Crippen LogP contribution in [0.25, 0.3) is 0 Å². The van der Waals surface area contributed by atoms with Gasteiger partial charge >= 0.3 is 6.18 Å². The highest BCUT2D eigenvalue weighted by molar-refractivity contribution is 5.83. The molecule has 0 radical (unpaired) electrons. The number of benzene rings is 1. The van der Waals surface area contributed by atoms with E-state index in [4.69, 9.17) is 5.73 Å². The van der Waals surface area contributed by atoms with Gasteiger partial charge in [0.15, 0.2) is 0 Å². The van der Waals surface area contributed by atoms with E-state index >= 15 is 0 Å². The second kappa shape index (κ2) is 9.17. The van der Waals surface area contributed by atoms with Crippen LogP contribution in [0.4, 0.5) is 13.2 Å². The minimum Gasteiger partial charge on any atom is -0.372 e. The Morgan fingerprint density at radius 3 is 2.40 bits per heavy atom. The van der Waals surface area contributed by atoms with Gasteiger partial charge < -0.3 is 15.4 Å². The van der Waals surface area contributed by atoms with Crippen LogP contribution < -0.4 is 5.73 Å². The Hall–Kier alpha value is -1.64. The van der Waals surface area contributed by atoms with Crippen molar-refractivity contribution in [3.8, 4) is 0 Å². The van der Waals surface area contributed by atoms with Crippen LogP contribution in [0.2, 0.25) is 0 Å². The highest BCUT2D eigenvalue weighted by Crippen LogP contribution is 2.15. The van der Waals surface area contributed by atoms with Gasteiger partial charge in [0.2, 0.25) is 5.91 Å². The topological polar surface area (TPSA) is 58.8 Å². The first-order valence-electron chi connectivity index (χ1n) is 8.33. The molecule has 1 fully saturated rings. The highest BCUT2D eigenvalue weighted by atomic mass is 19.4. The molecule has 0 saturated carbocycles. The van der Waals surface area contributed by atoms with Crippen LogP contribution in [0.3, 0.4) is 0 Å². The largest absolute Gasteiger partial charge is 0.411 e. The fraction of sp³-hybridized carbons (Fsp3) is 0.588. The molecule has 0 aromatic heterocycles. The normalized spacial score (nSPS) is 17.5. The molecule has 0 aliphatic carbocycles. The SMILES string of the molecule is NC(C(=O)N1CCN(CCCOCC(F)(F)F)CC1)c1ccccc1. The van der Waals surface area contributed by atoms with Crippen molar-refractivity contribution in [1.29, 1.82) is 0 Å². The first-order valence-corrected chi connectivity index (χ1v) is 8.33. The fourth-order valence-electron chi connectivity index (χ4n) is 2.77. The molecule has 140 valence electrons. The van der Waals surface area contributed by atoms with Gasteiger partial charge in [0.1, 0.15) is 12.6 Å². The second-order valence-corrected chi connectivity index (χ2v) is 6.08. The van der Waals surface area contributed by atoms with Gasteiger partial charge in [-0.2, -0.15) is 13.2 Å². The Bertz CT molecular complexity index is 532. The summed E-state index contributed by atoms with van der Waals surface area (Å²) < 4.78 is 40.5. The minimum atomic E-state index is -4.27. The zero-order valence-electron chi connectivity index (χ0n) is 14.0. The molecule has 5 nitrogen and oxygen atoms in total. The van der Waals surface area contributed by atoms with Crippen LogP contribution in [0.15, 0.2) is 30.3 Å². The van der Waals surface area contributed by atoms with E-state index in [9.17, 15) is 18.0 Å². The van der Waals surface area contributed by atoms with Gasteiger partial charge in [-0.25, -0.2) is 0 Å². The number of hydrogen-bond acceptors (Lipinski definition) is 4. The lowest BCUT2D eigenvalue weighted by Crippen LogP contribution is -2.51. The number of carbonyl (C=O) groups is 1. The molecular weight excluding hydrogens is 335 g/mol. The monoisotopic (exact) mass is 359 g/mol. The van der Waals surface area contributed by atoms with Crippen molar-refractivity contribution < 1.29 is 22.7 Å². The summed E-state index contributed by atoms with van der Waals surface area (Å²) in [6.45, 7) is 2.05. The van der Waals surface area contributed by atoms with E-state index in [2.05, 4.69) is 9.64 Å². The summed E-state index contributed by atoms with van der Waals surface area (Å²) in [5.74, 6) is -0.0978. The number of amides is 1. The second-order valence-electron chi connectivity index (χ2n) is 6.08. The van der Waals surface area contributed by atoms with Crippen LogP contribution in [0.1, 0.15) is 18.0 Å². The quantitative estimate of drug-likeness (QED) is 0.755. The minimum absolute atomic E-state index is 0.0809. The molecule has 8 heteroatoms. The zero-order valence-corrected chi connectivity index (χ0v) is 14.0. The number of rotatable bonds is 7. The summed E-state index contributed by atoms with van der Waals surface area (Å²) in [6.07, 6.45) is -3.74. The van der Waals surface area contributed by atoms with E-state index < -0.39 is 18.8 Å². The van der Waals surface area contributed by atoms with E-state index in [1.54, 1.807) is 4.90 Å². The van der Waals surface area contributed by atoms with E-state index in [1.165, 1.54) is 0 Å². The molecular formula is C17H24F3N3O2. The Morgan fingerprint density at radius 1 is 1.16 bits per heavy atom. The van der Waals surface area contributed by atoms with Gasteiger partial charge in [-0.15, -0.1) is 0 Å². The molecule has 1 saturated heterocycles. The lowest BCUT2D eigenvalue weighted by atomic mass is 10.1. The van der Waals surface area contributed by atoms with Gasteiger partial charge in [-0.1, -0.05) is 30.3 Å². The molecule has 1 atom stereocenters. The van der Waals surface area contributed by atoms with Crippen molar-refractivity contribution in [3.05, 3.63) is 35.9 Å². The summed E-state index contributed by atoms with van der Waals surface area (Å²) in [4.78, 5) is 16.3. The zero-order chi connectivity index (χ0) is 18.3. The van der Waals surface area contributed by atoms with Gasteiger partial charge in [-0.3, -0.25) is 9.69 Å². The molecule has 1 aromatic rings. The lowest BCUT2D eigenvalue weighted by Gasteiger charge is -2.36. The third-order valence-electron chi connectivity index (χ3n) is 4.14. The fourth-order valence-corrected chi connectivity index (χ4v) is 2.77. The highest BCUT2D eigenvalue weighted by Gasteiger charge is 2.28. The van der Waals surface area contributed by atoms with E-state index in [1.807, 2.05) is 30.3 Å². The summed E-state index contributed by atoms with van der Waals surface area (Å²) in [5.41, 5.74) is 6.83. The standard InChI is InChI=1S/C17H24F3N3O2/c18-17(19,20)13-25-12-4-7-22-8-10-23(11-9-22)16(24)15(21)14-5-2-1-3-6-14/h1-3,5-6,15H,4,7-13,21H2.